The number of hydrogen-bond acceptors (Lipinski definition) is 2. The van der Waals surface area contributed by atoms with Gasteiger partial charge in [-0.05, 0) is 19.3 Å². The average Bonchev–Trinajstić information content (AvgIpc) is 2.16. The first kappa shape index (κ1) is 11.0. The average molecular weight is 207 g/mol. The molecule has 2 nitrogen and oxygen atoms in total. The van der Waals surface area contributed by atoms with Crippen LogP contribution in [0.1, 0.15) is 33.1 Å². The van der Waals surface area contributed by atoms with Gasteiger partial charge in [-0.3, -0.25) is 4.90 Å². The zero-order chi connectivity index (χ0) is 10.7. The van der Waals surface area contributed by atoms with Gasteiger partial charge in [0.1, 0.15) is 0 Å². The normalized spacial score (nSPS) is 31.1. The summed E-state index contributed by atoms with van der Waals surface area (Å²) in [4.78, 5) is 2.45. The summed E-state index contributed by atoms with van der Waals surface area (Å²) in [5, 5.41) is 0. The third-order valence-electron chi connectivity index (χ3n) is 3.05. The van der Waals surface area contributed by atoms with E-state index in [-0.39, 0.29) is 0 Å². The lowest BCUT2D eigenvalue weighted by atomic mass is 10.00. The number of hydrogen-bond donors (Lipinski definition) is 0. The van der Waals surface area contributed by atoms with Gasteiger partial charge in [-0.1, -0.05) is 25.7 Å². The minimum absolute atomic E-state index is 0.485. The number of nitrogens with zero attached hydrogens (tertiary/aromatic N) is 1. The minimum atomic E-state index is 0.485. The van der Waals surface area contributed by atoms with Crippen LogP contribution in [0, 0.1) is 17.8 Å². The topological polar surface area (TPSA) is 12.5 Å². The van der Waals surface area contributed by atoms with Gasteiger partial charge in [0.15, 0.2) is 0 Å². The lowest BCUT2D eigenvalue weighted by Gasteiger charge is -2.40. The first-order valence-corrected chi connectivity index (χ1v) is 6.10. The molecular formula is C13H21NO. The zero-order valence-corrected chi connectivity index (χ0v) is 9.83. The van der Waals surface area contributed by atoms with Gasteiger partial charge in [0.25, 0.3) is 0 Å². The lowest BCUT2D eigenvalue weighted by Crippen LogP contribution is -2.49. The van der Waals surface area contributed by atoms with Crippen LogP contribution in [0.15, 0.2) is 0 Å². The summed E-state index contributed by atoms with van der Waals surface area (Å²) in [6, 6.07) is 0. The van der Waals surface area contributed by atoms with Crippen molar-refractivity contribution in [2.75, 3.05) is 19.6 Å². The van der Waals surface area contributed by atoms with Crippen LogP contribution in [-0.4, -0.2) is 36.7 Å². The fraction of sp³-hybridized carbons (Fsp3) is 0.846. The summed E-state index contributed by atoms with van der Waals surface area (Å²) in [5.41, 5.74) is 0. The molecule has 0 amide bonds. The smallest absolute Gasteiger partial charge is 0.0706 e. The van der Waals surface area contributed by atoms with Gasteiger partial charge in [0.2, 0.25) is 0 Å². The van der Waals surface area contributed by atoms with E-state index in [1.54, 1.807) is 0 Å². The molecule has 2 rings (SSSR count). The second-order valence-electron chi connectivity index (χ2n) is 4.98. The van der Waals surface area contributed by atoms with Crippen LogP contribution in [0.2, 0.25) is 0 Å². The molecule has 2 atom stereocenters. The molecule has 0 spiro atoms. The molecule has 0 N–H and O–H groups in total. The van der Waals surface area contributed by atoms with Gasteiger partial charge >= 0.3 is 0 Å². The van der Waals surface area contributed by atoms with E-state index in [0.29, 0.717) is 18.1 Å². The summed E-state index contributed by atoms with van der Waals surface area (Å²) >= 11 is 0. The van der Waals surface area contributed by atoms with Gasteiger partial charge in [-0.2, -0.15) is 0 Å². The van der Waals surface area contributed by atoms with Crippen LogP contribution in [0.25, 0.3) is 0 Å². The van der Waals surface area contributed by atoms with Crippen molar-refractivity contribution in [2.45, 2.75) is 45.3 Å². The molecule has 0 aromatic heterocycles. The summed E-state index contributed by atoms with van der Waals surface area (Å²) in [6.45, 7) is 7.38. The standard InChI is InChI=1S/C13H21NO/c1-11(2)5-4-8-14-9-12-6-3-7-13(10-14)15-12/h11-13H,3,6-10H2,1-2H3. The van der Waals surface area contributed by atoms with Crippen molar-refractivity contribution in [3.63, 3.8) is 0 Å². The van der Waals surface area contributed by atoms with Crippen molar-refractivity contribution in [1.82, 2.24) is 4.90 Å². The van der Waals surface area contributed by atoms with Gasteiger partial charge in [-0.25, -0.2) is 0 Å². The van der Waals surface area contributed by atoms with Crippen LogP contribution in [0.4, 0.5) is 0 Å². The Bertz CT molecular complexity index is 251. The Hall–Kier alpha value is -0.520. The highest BCUT2D eigenvalue weighted by molar-refractivity contribution is 5.04. The van der Waals surface area contributed by atoms with Crippen LogP contribution in [-0.2, 0) is 4.74 Å². The lowest BCUT2D eigenvalue weighted by molar-refractivity contribution is -0.110. The number of ether oxygens (including phenoxy) is 1. The zero-order valence-electron chi connectivity index (χ0n) is 9.83. The molecule has 2 unspecified atom stereocenters. The highest BCUT2D eigenvalue weighted by Gasteiger charge is 2.30. The van der Waals surface area contributed by atoms with E-state index in [9.17, 15) is 0 Å². The van der Waals surface area contributed by atoms with Gasteiger partial charge in [-0.15, -0.1) is 0 Å². The van der Waals surface area contributed by atoms with Gasteiger partial charge < -0.3 is 4.74 Å². The molecule has 0 aromatic rings. The number of morpholine rings is 1. The molecule has 2 aliphatic heterocycles. The quantitative estimate of drug-likeness (QED) is 0.609. The first-order valence-electron chi connectivity index (χ1n) is 6.10. The van der Waals surface area contributed by atoms with E-state index in [1.165, 1.54) is 19.3 Å². The van der Waals surface area contributed by atoms with Crippen LogP contribution in [0.5, 0.6) is 0 Å². The molecule has 2 heterocycles. The number of likely N-dealkylation sites (tertiary alicyclic amines) is 1. The molecular weight excluding hydrogens is 186 g/mol. The Morgan fingerprint density at radius 1 is 1.27 bits per heavy atom. The molecule has 0 saturated carbocycles. The van der Waals surface area contributed by atoms with Crippen molar-refractivity contribution in [3.05, 3.63) is 0 Å². The molecule has 84 valence electrons. The highest BCUT2D eigenvalue weighted by Crippen LogP contribution is 2.24. The second kappa shape index (κ2) is 5.01. The fourth-order valence-corrected chi connectivity index (χ4v) is 2.39. The van der Waals surface area contributed by atoms with Gasteiger partial charge in [0.05, 0.1) is 18.8 Å². The Kier molecular flexibility index (Phi) is 3.66. The molecule has 0 aromatic carbocycles. The van der Waals surface area contributed by atoms with E-state index in [1.807, 2.05) is 0 Å². The predicted octanol–water partition coefficient (Wildman–Crippen LogP) is 1.90. The van der Waals surface area contributed by atoms with Crippen molar-refractivity contribution in [2.24, 2.45) is 5.92 Å². The van der Waals surface area contributed by atoms with Crippen molar-refractivity contribution in [3.8, 4) is 11.8 Å². The van der Waals surface area contributed by atoms with E-state index >= 15 is 0 Å². The minimum Gasteiger partial charge on any atom is -0.372 e. The van der Waals surface area contributed by atoms with Crippen LogP contribution in [0.3, 0.4) is 0 Å². The van der Waals surface area contributed by atoms with E-state index < -0.39 is 0 Å². The molecule has 2 aliphatic rings. The maximum absolute atomic E-state index is 5.89. The van der Waals surface area contributed by atoms with Crippen molar-refractivity contribution >= 4 is 0 Å². The first-order chi connectivity index (χ1) is 7.24. The van der Waals surface area contributed by atoms with Gasteiger partial charge in [0, 0.05) is 19.0 Å². The third-order valence-corrected chi connectivity index (χ3v) is 3.05. The summed E-state index contributed by atoms with van der Waals surface area (Å²) < 4.78 is 5.89. The van der Waals surface area contributed by atoms with E-state index in [2.05, 4.69) is 30.6 Å². The number of rotatable bonds is 1. The Labute approximate surface area is 93.0 Å². The summed E-state index contributed by atoms with van der Waals surface area (Å²) in [7, 11) is 0. The molecule has 0 radical (unpaired) electrons. The summed E-state index contributed by atoms with van der Waals surface area (Å²) in [5.74, 6) is 6.98. The molecule has 0 aliphatic carbocycles. The Morgan fingerprint density at radius 2 is 1.93 bits per heavy atom. The maximum atomic E-state index is 5.89. The predicted molar refractivity (Wildman–Crippen MR) is 61.6 cm³/mol. The molecule has 2 saturated heterocycles. The molecule has 2 fully saturated rings. The largest absolute Gasteiger partial charge is 0.372 e. The highest BCUT2D eigenvalue weighted by atomic mass is 16.5. The molecule has 2 heteroatoms. The van der Waals surface area contributed by atoms with Crippen LogP contribution < -0.4 is 0 Å². The number of fused-ring (bicyclic) bond motifs is 2. The van der Waals surface area contributed by atoms with Crippen molar-refractivity contribution < 1.29 is 4.74 Å². The Balaban J connectivity index is 1.82. The monoisotopic (exact) mass is 207 g/mol. The maximum Gasteiger partial charge on any atom is 0.0706 e. The fourth-order valence-electron chi connectivity index (χ4n) is 2.39. The SMILES string of the molecule is CC(C)C#CCN1CC2CCCC(C1)O2. The third kappa shape index (κ3) is 3.22. The summed E-state index contributed by atoms with van der Waals surface area (Å²) in [6.07, 6.45) is 4.80. The second-order valence-corrected chi connectivity index (χ2v) is 4.98. The van der Waals surface area contributed by atoms with Crippen LogP contribution >= 0.6 is 0 Å². The molecule has 15 heavy (non-hydrogen) atoms. The van der Waals surface area contributed by atoms with Crippen molar-refractivity contribution in [1.29, 1.82) is 0 Å². The molecule has 2 bridgehead atoms. The van der Waals surface area contributed by atoms with E-state index in [0.717, 1.165) is 19.6 Å². The Morgan fingerprint density at radius 3 is 2.53 bits per heavy atom. The van der Waals surface area contributed by atoms with E-state index in [4.69, 9.17) is 4.74 Å².